The Balaban J connectivity index is 1.70. The average Bonchev–Trinajstić information content (AvgIpc) is 2.95. The Morgan fingerprint density at radius 1 is 0.950 bits per heavy atom. The van der Waals surface area contributed by atoms with E-state index in [9.17, 15) is 14.4 Å². The topological polar surface area (TPSA) is 93.5 Å². The van der Waals surface area contributed by atoms with Gasteiger partial charge in [-0.2, -0.15) is 0 Å². The lowest BCUT2D eigenvalue weighted by Crippen LogP contribution is -2.41. The van der Waals surface area contributed by atoms with E-state index in [2.05, 4.69) is 19.2 Å². The van der Waals surface area contributed by atoms with Gasteiger partial charge in [-0.25, -0.2) is 14.6 Å². The third-order valence-electron chi connectivity index (χ3n) is 6.77. The Bertz CT molecular complexity index is 1510. The van der Waals surface area contributed by atoms with Crippen molar-refractivity contribution in [1.82, 2.24) is 14.5 Å². The van der Waals surface area contributed by atoms with Gasteiger partial charge in [0.1, 0.15) is 5.82 Å². The maximum absolute atomic E-state index is 13.7. The molecular weight excluding hydrogens is 504 g/mol. The van der Waals surface area contributed by atoms with E-state index in [0.717, 1.165) is 12.0 Å². The molecule has 0 spiro atoms. The zero-order valence-electron chi connectivity index (χ0n) is 23.5. The molecule has 0 aliphatic rings. The van der Waals surface area contributed by atoms with Gasteiger partial charge in [0.05, 0.1) is 35.7 Å². The van der Waals surface area contributed by atoms with E-state index in [0.29, 0.717) is 47.0 Å². The molecule has 0 radical (unpaired) electrons. The summed E-state index contributed by atoms with van der Waals surface area (Å²) >= 11 is 0. The van der Waals surface area contributed by atoms with Gasteiger partial charge in [0.25, 0.3) is 5.56 Å². The summed E-state index contributed by atoms with van der Waals surface area (Å²) in [7, 11) is 0. The summed E-state index contributed by atoms with van der Waals surface area (Å²) in [6.07, 6.45) is 0.774. The molecule has 0 aliphatic carbocycles. The number of nitrogens with zero attached hydrogens (tertiary/aromatic N) is 3. The number of para-hydroxylation sites is 1. The number of nitrogens with one attached hydrogen (secondary N) is 1. The minimum Gasteiger partial charge on any atom is -0.462 e. The normalized spacial score (nSPS) is 11.8. The van der Waals surface area contributed by atoms with Crippen LogP contribution in [0.4, 0.5) is 10.5 Å². The molecule has 1 atom stereocenters. The lowest BCUT2D eigenvalue weighted by molar-refractivity contribution is 0.0526. The van der Waals surface area contributed by atoms with Crippen LogP contribution in [-0.2, 0) is 11.3 Å². The second-order valence-electron chi connectivity index (χ2n) is 10.1. The van der Waals surface area contributed by atoms with Crippen molar-refractivity contribution in [1.29, 1.82) is 0 Å². The maximum Gasteiger partial charge on any atom is 0.338 e. The van der Waals surface area contributed by atoms with Crippen molar-refractivity contribution in [2.45, 2.75) is 46.7 Å². The molecule has 40 heavy (non-hydrogen) atoms. The van der Waals surface area contributed by atoms with E-state index in [4.69, 9.17) is 9.72 Å². The van der Waals surface area contributed by atoms with E-state index >= 15 is 0 Å². The zero-order chi connectivity index (χ0) is 28.6. The number of ether oxygens (including phenoxy) is 1. The van der Waals surface area contributed by atoms with Crippen LogP contribution < -0.4 is 10.9 Å². The quantitative estimate of drug-likeness (QED) is 0.240. The highest BCUT2D eigenvalue weighted by atomic mass is 16.5. The van der Waals surface area contributed by atoms with E-state index < -0.39 is 12.0 Å². The number of benzene rings is 3. The summed E-state index contributed by atoms with van der Waals surface area (Å²) < 4.78 is 6.72. The average molecular weight is 541 g/mol. The fraction of sp³-hybridized carbons (Fsp3) is 0.312. The van der Waals surface area contributed by atoms with E-state index in [1.165, 1.54) is 0 Å². The molecule has 8 heteroatoms. The first-order valence-corrected chi connectivity index (χ1v) is 13.7. The number of hydrogen-bond donors (Lipinski definition) is 1. The molecule has 0 aliphatic heterocycles. The molecular formula is C32H36N4O4. The van der Waals surface area contributed by atoms with Crippen LogP contribution >= 0.6 is 0 Å². The highest BCUT2D eigenvalue weighted by molar-refractivity contribution is 5.92. The third-order valence-corrected chi connectivity index (χ3v) is 6.77. The van der Waals surface area contributed by atoms with Crippen molar-refractivity contribution in [3.8, 4) is 0 Å². The summed E-state index contributed by atoms with van der Waals surface area (Å²) in [5.74, 6) is 0.470. The smallest absolute Gasteiger partial charge is 0.338 e. The zero-order valence-corrected chi connectivity index (χ0v) is 23.5. The second kappa shape index (κ2) is 13.1. The number of anilines is 1. The number of urea groups is 1. The summed E-state index contributed by atoms with van der Waals surface area (Å²) in [6, 6.07) is 22.8. The largest absolute Gasteiger partial charge is 0.462 e. The summed E-state index contributed by atoms with van der Waals surface area (Å²) in [5.41, 5.74) is 2.38. The van der Waals surface area contributed by atoms with Gasteiger partial charge in [0.15, 0.2) is 0 Å². The highest BCUT2D eigenvalue weighted by Gasteiger charge is 2.27. The van der Waals surface area contributed by atoms with Gasteiger partial charge in [0.2, 0.25) is 0 Å². The highest BCUT2D eigenvalue weighted by Crippen LogP contribution is 2.24. The maximum atomic E-state index is 13.7. The predicted molar refractivity (Wildman–Crippen MR) is 158 cm³/mol. The fourth-order valence-corrected chi connectivity index (χ4v) is 4.53. The molecule has 1 N–H and O–H groups in total. The van der Waals surface area contributed by atoms with Gasteiger partial charge < -0.3 is 15.0 Å². The first-order chi connectivity index (χ1) is 19.3. The van der Waals surface area contributed by atoms with E-state index in [1.54, 1.807) is 46.7 Å². The van der Waals surface area contributed by atoms with Gasteiger partial charge in [-0.15, -0.1) is 0 Å². The van der Waals surface area contributed by atoms with Crippen molar-refractivity contribution in [3.63, 3.8) is 0 Å². The molecule has 4 rings (SSSR count). The fourth-order valence-electron chi connectivity index (χ4n) is 4.53. The van der Waals surface area contributed by atoms with Crippen molar-refractivity contribution >= 4 is 28.6 Å². The van der Waals surface area contributed by atoms with Crippen LogP contribution in [-0.4, -0.2) is 39.6 Å². The number of carbonyl (C=O) groups is 2. The molecule has 0 saturated heterocycles. The van der Waals surface area contributed by atoms with Crippen molar-refractivity contribution in [2.24, 2.45) is 5.92 Å². The van der Waals surface area contributed by atoms with Crippen LogP contribution in [0.15, 0.2) is 83.7 Å². The minimum absolute atomic E-state index is 0.143. The van der Waals surface area contributed by atoms with Crippen LogP contribution in [0.2, 0.25) is 0 Å². The van der Waals surface area contributed by atoms with Crippen LogP contribution in [0.1, 0.15) is 61.9 Å². The summed E-state index contributed by atoms with van der Waals surface area (Å²) in [6.45, 7) is 8.97. The molecule has 1 unspecified atom stereocenters. The lowest BCUT2D eigenvalue weighted by atomic mass is 10.1. The second-order valence-corrected chi connectivity index (χ2v) is 10.1. The molecule has 4 aromatic rings. The van der Waals surface area contributed by atoms with Gasteiger partial charge in [-0.1, -0.05) is 56.3 Å². The number of fused-ring (bicyclic) bond motifs is 1. The monoisotopic (exact) mass is 540 g/mol. The number of amides is 2. The Hall–Kier alpha value is -4.46. The van der Waals surface area contributed by atoms with Crippen LogP contribution in [0.5, 0.6) is 0 Å². The molecule has 8 nitrogen and oxygen atoms in total. The number of esters is 1. The Kier molecular flexibility index (Phi) is 9.32. The molecule has 0 bridgehead atoms. The van der Waals surface area contributed by atoms with Crippen molar-refractivity contribution in [3.05, 3.63) is 106 Å². The Morgan fingerprint density at radius 2 is 1.62 bits per heavy atom. The first-order valence-electron chi connectivity index (χ1n) is 13.7. The number of hydrogen-bond acceptors (Lipinski definition) is 5. The number of rotatable bonds is 10. The molecule has 3 aromatic carbocycles. The Labute approximate surface area is 234 Å². The lowest BCUT2D eigenvalue weighted by Gasteiger charge is -2.31. The minimum atomic E-state index is -0.501. The molecule has 2 amide bonds. The van der Waals surface area contributed by atoms with Crippen LogP contribution in [0.3, 0.4) is 0 Å². The summed E-state index contributed by atoms with van der Waals surface area (Å²) in [5, 5.41) is 3.49. The molecule has 208 valence electrons. The van der Waals surface area contributed by atoms with E-state index in [1.807, 2.05) is 55.5 Å². The number of aromatic nitrogens is 2. The van der Waals surface area contributed by atoms with Crippen molar-refractivity contribution < 1.29 is 14.3 Å². The molecule has 1 aromatic heterocycles. The number of carbonyl (C=O) groups excluding carboxylic acids is 2. The predicted octanol–water partition coefficient (Wildman–Crippen LogP) is 6.26. The Morgan fingerprint density at radius 3 is 2.30 bits per heavy atom. The van der Waals surface area contributed by atoms with Gasteiger partial charge >= 0.3 is 12.0 Å². The molecule has 0 saturated carbocycles. The van der Waals surface area contributed by atoms with Crippen molar-refractivity contribution in [2.75, 3.05) is 18.5 Å². The third kappa shape index (κ3) is 6.75. The summed E-state index contributed by atoms with van der Waals surface area (Å²) in [4.78, 5) is 46.0. The standard InChI is InChI=1S/C32H36N4O4/c1-5-40-31(38)25-15-17-26(18-16-25)33-32(39)35(20-19-22(2)3)23(4)29-34-28-14-10-9-13-27(28)30(37)36(29)21-24-11-7-6-8-12-24/h6-18,22-23H,5,19-21H2,1-4H3,(H,33,39). The van der Waals surface area contributed by atoms with Gasteiger partial charge in [-0.3, -0.25) is 9.36 Å². The van der Waals surface area contributed by atoms with Gasteiger partial charge in [-0.05, 0) is 68.1 Å². The van der Waals surface area contributed by atoms with E-state index in [-0.39, 0.29) is 18.2 Å². The molecule has 1 heterocycles. The van der Waals surface area contributed by atoms with Gasteiger partial charge in [0, 0.05) is 12.2 Å². The van der Waals surface area contributed by atoms with Crippen LogP contribution in [0.25, 0.3) is 10.9 Å². The van der Waals surface area contributed by atoms with Crippen LogP contribution in [0, 0.1) is 5.92 Å². The molecule has 0 fully saturated rings. The first kappa shape index (κ1) is 28.5. The SMILES string of the molecule is CCOC(=O)c1ccc(NC(=O)N(CCC(C)C)C(C)c2nc3ccccc3c(=O)n2Cc2ccccc2)cc1.